The van der Waals surface area contributed by atoms with Crippen molar-refractivity contribution in [2.24, 2.45) is 29.6 Å². The normalized spacial score (nSPS) is 38.9. The maximum absolute atomic E-state index is 13.4. The fourth-order valence-electron chi connectivity index (χ4n) is 5.30. The van der Waals surface area contributed by atoms with Gasteiger partial charge in [-0.2, -0.15) is 0 Å². The summed E-state index contributed by atoms with van der Waals surface area (Å²) in [4.78, 5) is 0. The summed E-state index contributed by atoms with van der Waals surface area (Å²) >= 11 is 3.56. The van der Waals surface area contributed by atoms with Crippen molar-refractivity contribution in [2.75, 3.05) is 7.05 Å². The van der Waals surface area contributed by atoms with E-state index >= 15 is 0 Å². The first-order valence-electron chi connectivity index (χ1n) is 7.80. The molecule has 1 N–H and O–H groups in total. The third-order valence-corrected chi connectivity index (χ3v) is 6.85. The predicted molar refractivity (Wildman–Crippen MR) is 82.0 cm³/mol. The van der Waals surface area contributed by atoms with Gasteiger partial charge in [-0.3, -0.25) is 0 Å². The molecule has 4 rings (SSSR count). The van der Waals surface area contributed by atoms with Gasteiger partial charge in [0.2, 0.25) is 0 Å². The molecule has 0 aromatic heterocycles. The Balaban J connectivity index is 1.51. The van der Waals surface area contributed by atoms with Crippen LogP contribution in [-0.2, 0) is 6.42 Å². The van der Waals surface area contributed by atoms with Crippen LogP contribution in [-0.4, -0.2) is 13.1 Å². The molecule has 3 fully saturated rings. The summed E-state index contributed by atoms with van der Waals surface area (Å²) in [6, 6.07) is 5.54. The Hall–Kier alpha value is -0.410. The van der Waals surface area contributed by atoms with Gasteiger partial charge in [0, 0.05) is 10.5 Å². The third-order valence-electron chi connectivity index (χ3n) is 6.08. The summed E-state index contributed by atoms with van der Waals surface area (Å²) in [7, 11) is 2.06. The summed E-state index contributed by atoms with van der Waals surface area (Å²) in [5, 5.41) is 3.51. The molecule has 0 aliphatic heterocycles. The van der Waals surface area contributed by atoms with E-state index in [-0.39, 0.29) is 5.82 Å². The molecule has 5 atom stereocenters. The Morgan fingerprint density at radius 3 is 2.65 bits per heavy atom. The zero-order chi connectivity index (χ0) is 13.9. The fourth-order valence-corrected chi connectivity index (χ4v) is 5.71. The van der Waals surface area contributed by atoms with Gasteiger partial charge in [-0.05, 0) is 86.1 Å². The molecule has 108 valence electrons. The topological polar surface area (TPSA) is 12.0 Å². The van der Waals surface area contributed by atoms with Gasteiger partial charge in [0.05, 0.1) is 0 Å². The smallest absolute Gasteiger partial charge is 0.123 e. The lowest BCUT2D eigenvalue weighted by molar-refractivity contribution is 0.376. The Morgan fingerprint density at radius 1 is 1.30 bits per heavy atom. The van der Waals surface area contributed by atoms with Crippen molar-refractivity contribution in [3.05, 3.63) is 34.1 Å². The second kappa shape index (κ2) is 4.81. The Morgan fingerprint density at radius 2 is 2.00 bits per heavy atom. The maximum atomic E-state index is 13.4. The highest BCUT2D eigenvalue weighted by atomic mass is 79.9. The first kappa shape index (κ1) is 13.3. The van der Waals surface area contributed by atoms with E-state index < -0.39 is 0 Å². The van der Waals surface area contributed by atoms with Gasteiger partial charge in [0.1, 0.15) is 5.82 Å². The maximum Gasteiger partial charge on any atom is 0.123 e. The molecule has 1 aromatic carbocycles. The quantitative estimate of drug-likeness (QED) is 0.875. The average Bonchev–Trinajstić information content (AvgIpc) is 2.87. The lowest BCUT2D eigenvalue weighted by atomic mass is 9.93. The first-order chi connectivity index (χ1) is 9.69. The van der Waals surface area contributed by atoms with Crippen molar-refractivity contribution >= 4 is 15.9 Å². The number of likely N-dealkylation sites (N-methyl/N-ethyl adjacent to an activating group) is 1. The molecule has 3 heteroatoms. The number of hydrogen-bond acceptors (Lipinski definition) is 1. The van der Waals surface area contributed by atoms with Crippen molar-refractivity contribution in [3.8, 4) is 0 Å². The first-order valence-corrected chi connectivity index (χ1v) is 8.59. The van der Waals surface area contributed by atoms with Crippen molar-refractivity contribution in [2.45, 2.75) is 31.7 Å². The largest absolute Gasteiger partial charge is 0.316 e. The summed E-state index contributed by atoms with van der Waals surface area (Å²) < 4.78 is 14.5. The number of fused-ring (bicyclic) bond motifs is 5. The number of benzene rings is 1. The zero-order valence-electron chi connectivity index (χ0n) is 11.8. The number of hydrogen-bond donors (Lipinski definition) is 1. The van der Waals surface area contributed by atoms with Gasteiger partial charge in [-0.1, -0.05) is 15.9 Å². The van der Waals surface area contributed by atoms with Crippen LogP contribution in [0.15, 0.2) is 22.7 Å². The molecule has 0 radical (unpaired) electrons. The van der Waals surface area contributed by atoms with Gasteiger partial charge >= 0.3 is 0 Å². The monoisotopic (exact) mass is 337 g/mol. The van der Waals surface area contributed by atoms with Crippen molar-refractivity contribution in [1.82, 2.24) is 5.32 Å². The van der Waals surface area contributed by atoms with Crippen molar-refractivity contribution in [3.63, 3.8) is 0 Å². The highest BCUT2D eigenvalue weighted by Gasteiger charge is 2.66. The molecule has 3 aliphatic rings. The molecule has 0 saturated heterocycles. The van der Waals surface area contributed by atoms with Crippen LogP contribution in [0.4, 0.5) is 4.39 Å². The lowest BCUT2D eigenvalue weighted by Crippen LogP contribution is -2.32. The molecular formula is C17H21BrFN. The van der Waals surface area contributed by atoms with Crippen LogP contribution in [0.1, 0.15) is 24.8 Å². The molecule has 0 amide bonds. The SMILES string of the molecule is CNC(Cc1cc(F)ccc1Br)C1C2C3CCC(C3)C21. The van der Waals surface area contributed by atoms with Gasteiger partial charge in [-0.15, -0.1) is 0 Å². The molecule has 0 spiro atoms. The van der Waals surface area contributed by atoms with E-state index in [1.165, 1.54) is 25.3 Å². The van der Waals surface area contributed by atoms with Crippen LogP contribution in [0.5, 0.6) is 0 Å². The Bertz CT molecular complexity index is 516. The molecule has 1 nitrogen and oxygen atoms in total. The van der Waals surface area contributed by atoms with E-state index in [4.69, 9.17) is 0 Å². The molecule has 20 heavy (non-hydrogen) atoms. The van der Waals surface area contributed by atoms with E-state index in [0.29, 0.717) is 6.04 Å². The highest BCUT2D eigenvalue weighted by molar-refractivity contribution is 9.10. The van der Waals surface area contributed by atoms with Crippen LogP contribution in [0.3, 0.4) is 0 Å². The number of nitrogens with one attached hydrogen (secondary N) is 1. The van der Waals surface area contributed by atoms with Crippen LogP contribution < -0.4 is 5.32 Å². The molecule has 5 unspecified atom stereocenters. The summed E-state index contributed by atoms with van der Waals surface area (Å²) in [5.41, 5.74) is 1.10. The number of halogens is 2. The van der Waals surface area contributed by atoms with Gasteiger partial charge in [-0.25, -0.2) is 4.39 Å². The minimum Gasteiger partial charge on any atom is -0.316 e. The van der Waals surface area contributed by atoms with E-state index in [1.54, 1.807) is 6.07 Å². The summed E-state index contributed by atoms with van der Waals surface area (Å²) in [6.07, 6.45) is 5.35. The van der Waals surface area contributed by atoms with E-state index in [2.05, 4.69) is 28.3 Å². The van der Waals surface area contributed by atoms with Crippen molar-refractivity contribution in [1.29, 1.82) is 0 Å². The van der Waals surface area contributed by atoms with Gasteiger partial charge < -0.3 is 5.32 Å². The lowest BCUT2D eigenvalue weighted by Gasteiger charge is -2.20. The van der Waals surface area contributed by atoms with Crippen LogP contribution in [0.2, 0.25) is 0 Å². The Kier molecular flexibility index (Phi) is 3.19. The molecule has 3 aliphatic carbocycles. The van der Waals surface area contributed by atoms with Gasteiger partial charge in [0.25, 0.3) is 0 Å². The van der Waals surface area contributed by atoms with Crippen LogP contribution in [0, 0.1) is 35.4 Å². The molecule has 1 aromatic rings. The third kappa shape index (κ3) is 1.97. The minimum atomic E-state index is -0.130. The zero-order valence-corrected chi connectivity index (χ0v) is 13.4. The molecule has 2 bridgehead atoms. The summed E-state index contributed by atoms with van der Waals surface area (Å²) in [6.45, 7) is 0. The van der Waals surface area contributed by atoms with E-state index in [0.717, 1.165) is 46.0 Å². The van der Waals surface area contributed by atoms with Gasteiger partial charge in [0.15, 0.2) is 0 Å². The molecule has 0 heterocycles. The highest BCUT2D eigenvalue weighted by Crippen LogP contribution is 2.70. The van der Waals surface area contributed by atoms with Crippen molar-refractivity contribution < 1.29 is 4.39 Å². The van der Waals surface area contributed by atoms with Crippen LogP contribution >= 0.6 is 15.9 Å². The minimum absolute atomic E-state index is 0.130. The predicted octanol–water partition coefficient (Wildman–Crippen LogP) is 4.01. The molecule has 3 saturated carbocycles. The second-order valence-corrected chi connectivity index (χ2v) is 7.75. The standard InChI is InChI=1S/C17H21BrFN/c1-20-14(8-11-7-12(19)4-5-13(11)18)17-15-9-2-3-10(6-9)16(15)17/h4-5,7,9-10,14-17,20H,2-3,6,8H2,1H3. The molecular weight excluding hydrogens is 317 g/mol. The van der Waals surface area contributed by atoms with E-state index in [9.17, 15) is 4.39 Å². The second-order valence-electron chi connectivity index (χ2n) is 6.90. The average molecular weight is 338 g/mol. The Labute approximate surface area is 128 Å². The van der Waals surface area contributed by atoms with E-state index in [1.807, 2.05) is 6.07 Å². The summed E-state index contributed by atoms with van der Waals surface area (Å²) in [5.74, 6) is 4.65. The number of rotatable bonds is 4. The van der Waals surface area contributed by atoms with Crippen LogP contribution in [0.25, 0.3) is 0 Å². The fraction of sp³-hybridized carbons (Fsp3) is 0.647.